The fraction of sp³-hybridized carbons (Fsp3) is 0.561. The van der Waals surface area contributed by atoms with Crippen molar-refractivity contribution < 1.29 is 32.8 Å². The third-order valence-corrected chi connectivity index (χ3v) is 10.7. The highest BCUT2D eigenvalue weighted by Gasteiger charge is 2.25. The lowest BCUT2D eigenvalue weighted by molar-refractivity contribution is -0.154. The summed E-state index contributed by atoms with van der Waals surface area (Å²) in [5.41, 5.74) is 5.38. The molecule has 0 heterocycles. The molecule has 0 saturated carbocycles. The summed E-state index contributed by atoms with van der Waals surface area (Å²) in [4.78, 5) is 22.6. The molecule has 0 rings (SSSR count). The summed E-state index contributed by atoms with van der Waals surface area (Å²) in [5, 5.41) is 0. The predicted octanol–water partition coefficient (Wildman–Crippen LogP) is 16.1. The lowest BCUT2D eigenvalue weighted by atomic mass is 10.1. The monoisotopic (exact) mass is 934 g/mol. The van der Waals surface area contributed by atoms with E-state index in [0.29, 0.717) is 6.61 Å². The van der Waals surface area contributed by atoms with Gasteiger partial charge in [0.1, 0.15) is 6.10 Å². The van der Waals surface area contributed by atoms with E-state index in [0.717, 1.165) is 135 Å². The molecule has 0 bridgehead atoms. The van der Waals surface area contributed by atoms with Crippen LogP contribution in [0.15, 0.2) is 146 Å². The van der Waals surface area contributed by atoms with E-state index in [-0.39, 0.29) is 38.8 Å². The Bertz CT molecular complexity index is 1510. The van der Waals surface area contributed by atoms with Crippen molar-refractivity contribution in [1.82, 2.24) is 0 Å². The minimum atomic E-state index is -4.31. The molecule has 2 unspecified atom stereocenters. The number of phosphoric acid groups is 1. The third kappa shape index (κ3) is 51.4. The molecule has 0 saturated heterocycles. The van der Waals surface area contributed by atoms with Crippen LogP contribution in [0.2, 0.25) is 0 Å². The van der Waals surface area contributed by atoms with E-state index in [1.165, 1.54) is 12.8 Å². The van der Waals surface area contributed by atoms with Crippen LogP contribution >= 0.6 is 7.82 Å². The maximum Gasteiger partial charge on any atom is 0.472 e. The highest BCUT2D eigenvalue weighted by atomic mass is 31.2. The molecule has 2 atom stereocenters. The quantitative estimate of drug-likeness (QED) is 0.0268. The van der Waals surface area contributed by atoms with Crippen molar-refractivity contribution in [2.24, 2.45) is 5.73 Å². The highest BCUT2D eigenvalue weighted by molar-refractivity contribution is 7.47. The first-order valence-electron chi connectivity index (χ1n) is 25.3. The van der Waals surface area contributed by atoms with Crippen molar-refractivity contribution in [3.8, 4) is 0 Å². The Kier molecular flexibility index (Phi) is 49.5. The number of carbonyl (C=O) groups is 1. The van der Waals surface area contributed by atoms with Gasteiger partial charge in [0.2, 0.25) is 0 Å². The van der Waals surface area contributed by atoms with Gasteiger partial charge in [-0.1, -0.05) is 192 Å². The lowest BCUT2D eigenvalue weighted by Gasteiger charge is -2.20. The second-order valence-electron chi connectivity index (χ2n) is 15.9. The molecule has 3 N–H and O–H groups in total. The molecule has 0 amide bonds. The van der Waals surface area contributed by atoms with Crippen LogP contribution in [0.1, 0.15) is 168 Å². The van der Waals surface area contributed by atoms with E-state index >= 15 is 0 Å². The molecule has 0 aliphatic rings. The van der Waals surface area contributed by atoms with Crippen LogP contribution in [-0.2, 0) is 27.9 Å². The highest BCUT2D eigenvalue weighted by Crippen LogP contribution is 2.43. The molecule has 0 aromatic rings. The number of hydrogen-bond donors (Lipinski definition) is 2. The topological polar surface area (TPSA) is 117 Å². The average molecular weight is 934 g/mol. The van der Waals surface area contributed by atoms with Gasteiger partial charge in [-0.3, -0.25) is 13.8 Å². The molecule has 0 aromatic heterocycles. The average Bonchev–Trinajstić information content (AvgIpc) is 3.31. The summed E-state index contributed by atoms with van der Waals surface area (Å²) in [6, 6.07) is 0. The molecule has 0 fully saturated rings. The standard InChI is InChI=1S/C57H92NO7P/c1-3-5-7-9-11-13-15-17-19-21-23-25-27-28-29-30-32-34-36-38-40-42-44-46-48-50-57(59)65-56(55-64-66(60,61)63-53-51-58)54-62-52-49-47-45-43-41-39-37-35-33-31-26-24-22-20-18-16-14-12-10-8-6-4-2/h5-8,11-14,17-20,23-26,28-29,32-35,39,41,56H,3-4,9-10,15-16,21-22,27,30-31,36-38,40,42-55,58H2,1-2H3,(H,60,61)/b7-5-,8-6-,13-11-,14-12-,19-17-,20-18-,25-23-,26-24-,29-28-,34-32-,35-33-,41-39-. The Labute approximate surface area is 403 Å². The first kappa shape index (κ1) is 62.4. The molecule has 0 aromatic carbocycles. The van der Waals surface area contributed by atoms with E-state index in [9.17, 15) is 14.3 Å². The van der Waals surface area contributed by atoms with E-state index in [1.807, 2.05) is 0 Å². The molecule has 8 nitrogen and oxygen atoms in total. The zero-order valence-electron chi connectivity index (χ0n) is 41.4. The fourth-order valence-electron chi connectivity index (χ4n) is 6.12. The van der Waals surface area contributed by atoms with Gasteiger partial charge < -0.3 is 20.1 Å². The van der Waals surface area contributed by atoms with Gasteiger partial charge >= 0.3 is 13.8 Å². The predicted molar refractivity (Wildman–Crippen MR) is 283 cm³/mol. The van der Waals surface area contributed by atoms with Crippen molar-refractivity contribution >= 4 is 13.8 Å². The molecule has 0 aliphatic carbocycles. The Morgan fingerprint density at radius 2 is 0.803 bits per heavy atom. The van der Waals surface area contributed by atoms with Gasteiger partial charge in [0.15, 0.2) is 0 Å². The number of ether oxygens (including phenoxy) is 2. The molecule has 0 radical (unpaired) electrons. The summed E-state index contributed by atoms with van der Waals surface area (Å²) < 4.78 is 33.5. The Balaban J connectivity index is 4.12. The maximum absolute atomic E-state index is 12.7. The largest absolute Gasteiger partial charge is 0.472 e. The van der Waals surface area contributed by atoms with Gasteiger partial charge in [0.25, 0.3) is 0 Å². The van der Waals surface area contributed by atoms with Crippen molar-refractivity contribution in [2.75, 3.05) is 33.0 Å². The summed E-state index contributed by atoms with van der Waals surface area (Å²) in [6.07, 6.45) is 75.9. The minimum Gasteiger partial charge on any atom is -0.457 e. The van der Waals surface area contributed by atoms with E-state index in [2.05, 4.69) is 160 Å². The number of unbranched alkanes of at least 4 members (excludes halogenated alkanes) is 9. The number of rotatable bonds is 46. The second-order valence-corrected chi connectivity index (χ2v) is 17.4. The fourth-order valence-corrected chi connectivity index (χ4v) is 6.88. The van der Waals surface area contributed by atoms with Crippen molar-refractivity contribution in [1.29, 1.82) is 0 Å². The summed E-state index contributed by atoms with van der Waals surface area (Å²) in [7, 11) is -4.31. The normalized spacial score (nSPS) is 14.5. The third-order valence-electron chi connectivity index (χ3n) is 9.75. The Hall–Kier alpha value is -3.62. The molecule has 9 heteroatoms. The Morgan fingerprint density at radius 1 is 0.455 bits per heavy atom. The lowest BCUT2D eigenvalue weighted by Crippen LogP contribution is -2.28. The van der Waals surface area contributed by atoms with Crippen LogP contribution in [0.3, 0.4) is 0 Å². The second kappa shape index (κ2) is 52.4. The van der Waals surface area contributed by atoms with Crippen LogP contribution in [0.4, 0.5) is 0 Å². The number of hydrogen-bond acceptors (Lipinski definition) is 7. The van der Waals surface area contributed by atoms with Gasteiger partial charge in [0.05, 0.1) is 19.8 Å². The summed E-state index contributed by atoms with van der Waals surface area (Å²) >= 11 is 0. The summed E-state index contributed by atoms with van der Waals surface area (Å²) in [6.45, 7) is 4.55. The zero-order valence-corrected chi connectivity index (χ0v) is 42.3. The number of esters is 1. The van der Waals surface area contributed by atoms with E-state index in [1.54, 1.807) is 0 Å². The molecule has 0 aliphatic heterocycles. The first-order chi connectivity index (χ1) is 32.4. The van der Waals surface area contributed by atoms with Gasteiger partial charge in [-0.2, -0.15) is 0 Å². The molecule has 372 valence electrons. The van der Waals surface area contributed by atoms with Crippen LogP contribution in [0, 0.1) is 0 Å². The minimum absolute atomic E-state index is 0.0759. The molecular weight excluding hydrogens is 842 g/mol. The number of phosphoric ester groups is 1. The molecular formula is C57H92NO7P. The number of carbonyl (C=O) groups excluding carboxylic acids is 1. The van der Waals surface area contributed by atoms with Crippen molar-refractivity contribution in [3.05, 3.63) is 146 Å². The van der Waals surface area contributed by atoms with Gasteiger partial charge in [-0.15, -0.1) is 0 Å². The number of allylic oxidation sites excluding steroid dienone is 24. The Morgan fingerprint density at radius 3 is 1.20 bits per heavy atom. The number of nitrogens with two attached hydrogens (primary N) is 1. The van der Waals surface area contributed by atoms with Gasteiger partial charge in [-0.05, 0) is 116 Å². The smallest absolute Gasteiger partial charge is 0.457 e. The molecule has 0 spiro atoms. The van der Waals surface area contributed by atoms with Gasteiger partial charge in [-0.25, -0.2) is 4.57 Å². The van der Waals surface area contributed by atoms with Crippen LogP contribution in [-0.4, -0.2) is 49.9 Å². The van der Waals surface area contributed by atoms with Crippen molar-refractivity contribution in [3.63, 3.8) is 0 Å². The maximum atomic E-state index is 12.7. The van der Waals surface area contributed by atoms with Crippen LogP contribution in [0.25, 0.3) is 0 Å². The van der Waals surface area contributed by atoms with E-state index in [4.69, 9.17) is 24.3 Å². The summed E-state index contributed by atoms with van der Waals surface area (Å²) in [5.74, 6) is -0.364. The van der Waals surface area contributed by atoms with Crippen LogP contribution in [0.5, 0.6) is 0 Å². The van der Waals surface area contributed by atoms with Gasteiger partial charge in [0, 0.05) is 19.6 Å². The van der Waals surface area contributed by atoms with E-state index < -0.39 is 13.9 Å². The zero-order chi connectivity index (χ0) is 48.0. The van der Waals surface area contributed by atoms with Crippen LogP contribution < -0.4 is 5.73 Å². The first-order valence-corrected chi connectivity index (χ1v) is 26.8. The SMILES string of the molecule is CC/C=C\C/C=C\C/C=C\C/C=C\C/C=C\C/C=C\CCCCCCCCC(=O)OC(COCCCCC/C=C\C/C=C\C/C=C\C/C=C\C/C=C\C/C=C\CC)COP(=O)(O)OCCN. The molecule has 66 heavy (non-hydrogen) atoms. The van der Waals surface area contributed by atoms with Crippen molar-refractivity contribution in [2.45, 2.75) is 174 Å².